The molecule has 0 aliphatic rings. The maximum absolute atomic E-state index is 13.6. The van der Waals surface area contributed by atoms with Crippen LogP contribution in [0.1, 0.15) is 0 Å². The van der Waals surface area contributed by atoms with Gasteiger partial charge in [-0.2, -0.15) is 15.0 Å². The molecule has 2 aromatic rings. The van der Waals surface area contributed by atoms with Gasteiger partial charge in [0, 0.05) is 14.1 Å². The van der Waals surface area contributed by atoms with E-state index in [1.807, 2.05) is 0 Å². The Balaban J connectivity index is 2.62. The Morgan fingerprint density at radius 2 is 1.68 bits per heavy atom. The predicted octanol–water partition coefficient (Wildman–Crippen LogP) is 2.68. The van der Waals surface area contributed by atoms with E-state index in [2.05, 4.69) is 15.0 Å². The number of halogens is 4. The molecule has 0 atom stereocenters. The lowest BCUT2D eigenvalue weighted by atomic mass is 10.2. The van der Waals surface area contributed by atoms with Gasteiger partial charge in [-0.3, -0.25) is 0 Å². The first-order valence-corrected chi connectivity index (χ1v) is 5.50. The molecule has 100 valence electrons. The van der Waals surface area contributed by atoms with Crippen molar-refractivity contribution in [2.45, 2.75) is 0 Å². The molecule has 0 amide bonds. The molecule has 8 heteroatoms. The van der Waals surface area contributed by atoms with Crippen LogP contribution in [0.25, 0.3) is 11.4 Å². The van der Waals surface area contributed by atoms with Crippen LogP contribution in [0.4, 0.5) is 19.1 Å². The monoisotopic (exact) mass is 288 g/mol. The summed E-state index contributed by atoms with van der Waals surface area (Å²) in [5.74, 6) is -4.22. The average Bonchev–Trinajstić information content (AvgIpc) is 2.35. The zero-order valence-electron chi connectivity index (χ0n) is 9.96. The van der Waals surface area contributed by atoms with Gasteiger partial charge >= 0.3 is 0 Å². The summed E-state index contributed by atoms with van der Waals surface area (Å²) < 4.78 is 39.7. The number of hydrogen-bond acceptors (Lipinski definition) is 4. The van der Waals surface area contributed by atoms with E-state index in [0.717, 1.165) is 12.1 Å². The van der Waals surface area contributed by atoms with Crippen molar-refractivity contribution in [2.24, 2.45) is 0 Å². The van der Waals surface area contributed by atoms with Crippen molar-refractivity contribution in [1.29, 1.82) is 0 Å². The fourth-order valence-electron chi connectivity index (χ4n) is 1.36. The molecule has 0 fully saturated rings. The summed E-state index contributed by atoms with van der Waals surface area (Å²) in [5.41, 5.74) is -0.286. The summed E-state index contributed by atoms with van der Waals surface area (Å²) >= 11 is 5.69. The molecule has 0 spiro atoms. The first-order valence-electron chi connectivity index (χ1n) is 5.13. The molecule has 19 heavy (non-hydrogen) atoms. The summed E-state index contributed by atoms with van der Waals surface area (Å²) in [4.78, 5) is 13.0. The van der Waals surface area contributed by atoms with E-state index in [1.165, 1.54) is 4.90 Å². The molecule has 0 saturated carbocycles. The number of anilines is 1. The molecule has 0 unspecified atom stereocenters. The summed E-state index contributed by atoms with van der Waals surface area (Å²) in [6.07, 6.45) is 0. The smallest absolute Gasteiger partial charge is 0.229 e. The second-order valence-corrected chi connectivity index (χ2v) is 4.18. The third-order valence-corrected chi connectivity index (χ3v) is 2.44. The molecule has 0 N–H and O–H groups in total. The fourth-order valence-corrected chi connectivity index (χ4v) is 1.51. The highest BCUT2D eigenvalue weighted by atomic mass is 35.5. The van der Waals surface area contributed by atoms with Gasteiger partial charge in [-0.05, 0) is 23.7 Å². The number of hydrogen-bond donors (Lipinski definition) is 0. The van der Waals surface area contributed by atoms with Crippen molar-refractivity contribution in [3.8, 4) is 11.4 Å². The average molecular weight is 289 g/mol. The molecule has 2 rings (SSSR count). The van der Waals surface area contributed by atoms with E-state index in [4.69, 9.17) is 11.6 Å². The van der Waals surface area contributed by atoms with Crippen LogP contribution in [0.3, 0.4) is 0 Å². The zero-order valence-corrected chi connectivity index (χ0v) is 10.7. The van der Waals surface area contributed by atoms with Crippen LogP contribution in [0, 0.1) is 17.5 Å². The molecular weight excluding hydrogens is 281 g/mol. The fraction of sp³-hybridized carbons (Fsp3) is 0.182. The zero-order chi connectivity index (χ0) is 14.2. The maximum atomic E-state index is 13.6. The largest absolute Gasteiger partial charge is 0.347 e. The van der Waals surface area contributed by atoms with Gasteiger partial charge in [-0.25, -0.2) is 13.2 Å². The highest BCUT2D eigenvalue weighted by Gasteiger charge is 2.18. The lowest BCUT2D eigenvalue weighted by molar-refractivity contribution is 0.448. The van der Waals surface area contributed by atoms with Gasteiger partial charge in [-0.15, -0.1) is 0 Å². The molecular formula is C11H8ClF3N4. The van der Waals surface area contributed by atoms with Crippen LogP contribution in [-0.4, -0.2) is 29.0 Å². The Bertz CT molecular complexity index is 634. The van der Waals surface area contributed by atoms with Crippen molar-refractivity contribution in [1.82, 2.24) is 15.0 Å². The van der Waals surface area contributed by atoms with Crippen LogP contribution in [0.5, 0.6) is 0 Å². The highest BCUT2D eigenvalue weighted by Crippen LogP contribution is 2.24. The minimum Gasteiger partial charge on any atom is -0.347 e. The molecule has 1 aromatic heterocycles. The van der Waals surface area contributed by atoms with Gasteiger partial charge in [-0.1, -0.05) is 0 Å². The lowest BCUT2D eigenvalue weighted by Gasteiger charge is -2.11. The van der Waals surface area contributed by atoms with Crippen LogP contribution in [-0.2, 0) is 0 Å². The normalized spacial score (nSPS) is 10.6. The molecule has 0 aliphatic heterocycles. The first kappa shape index (κ1) is 13.5. The minimum atomic E-state index is -1.58. The van der Waals surface area contributed by atoms with Gasteiger partial charge in [0.15, 0.2) is 23.3 Å². The van der Waals surface area contributed by atoms with Gasteiger partial charge in [0.05, 0.1) is 5.56 Å². The Kier molecular flexibility index (Phi) is 3.57. The number of rotatable bonds is 2. The molecule has 0 aliphatic carbocycles. The van der Waals surface area contributed by atoms with Crippen molar-refractivity contribution in [2.75, 3.05) is 19.0 Å². The molecule has 0 bridgehead atoms. The Labute approximate surface area is 111 Å². The summed E-state index contributed by atoms with van der Waals surface area (Å²) in [6, 6.07) is 1.83. The SMILES string of the molecule is CN(C)c1nc(Cl)nc(-c2ccc(F)c(F)c2F)n1. The minimum absolute atomic E-state index is 0.167. The second kappa shape index (κ2) is 5.00. The van der Waals surface area contributed by atoms with E-state index >= 15 is 0 Å². The van der Waals surface area contributed by atoms with Crippen molar-refractivity contribution in [3.05, 3.63) is 34.9 Å². The van der Waals surface area contributed by atoms with Crippen LogP contribution >= 0.6 is 11.6 Å². The Morgan fingerprint density at radius 1 is 1.00 bits per heavy atom. The van der Waals surface area contributed by atoms with Crippen LogP contribution < -0.4 is 4.90 Å². The van der Waals surface area contributed by atoms with Crippen molar-refractivity contribution < 1.29 is 13.2 Å². The van der Waals surface area contributed by atoms with E-state index in [1.54, 1.807) is 14.1 Å². The van der Waals surface area contributed by atoms with Gasteiger partial charge in [0.1, 0.15) is 0 Å². The van der Waals surface area contributed by atoms with Gasteiger partial charge in [0.25, 0.3) is 0 Å². The molecule has 1 heterocycles. The third-order valence-electron chi connectivity index (χ3n) is 2.27. The van der Waals surface area contributed by atoms with Crippen LogP contribution in [0.2, 0.25) is 5.28 Å². The predicted molar refractivity (Wildman–Crippen MR) is 64.5 cm³/mol. The molecule has 4 nitrogen and oxygen atoms in total. The number of nitrogens with zero attached hydrogens (tertiary/aromatic N) is 4. The molecule has 0 radical (unpaired) electrons. The number of benzene rings is 1. The van der Waals surface area contributed by atoms with E-state index in [-0.39, 0.29) is 22.6 Å². The summed E-state index contributed by atoms with van der Waals surface area (Å²) in [5, 5.41) is -0.169. The van der Waals surface area contributed by atoms with Gasteiger partial charge in [0.2, 0.25) is 11.2 Å². The summed E-state index contributed by atoms with van der Waals surface area (Å²) in [7, 11) is 3.30. The third kappa shape index (κ3) is 2.60. The molecule has 0 saturated heterocycles. The highest BCUT2D eigenvalue weighted by molar-refractivity contribution is 6.28. The topological polar surface area (TPSA) is 41.9 Å². The standard InChI is InChI=1S/C11H8ClF3N4/c1-19(2)11-17-9(16-10(12)18-11)5-3-4-6(13)8(15)7(5)14/h3-4H,1-2H3. The van der Waals surface area contributed by atoms with Crippen LogP contribution in [0.15, 0.2) is 12.1 Å². The summed E-state index contributed by atoms with van der Waals surface area (Å²) in [6.45, 7) is 0. The van der Waals surface area contributed by atoms with E-state index in [9.17, 15) is 13.2 Å². The Morgan fingerprint density at radius 3 is 2.32 bits per heavy atom. The first-order chi connectivity index (χ1) is 8.90. The Hall–Kier alpha value is -1.89. The van der Waals surface area contributed by atoms with E-state index < -0.39 is 17.5 Å². The van der Waals surface area contributed by atoms with Crippen molar-refractivity contribution >= 4 is 17.5 Å². The quantitative estimate of drug-likeness (QED) is 0.797. The van der Waals surface area contributed by atoms with E-state index in [0.29, 0.717) is 0 Å². The second-order valence-electron chi connectivity index (χ2n) is 3.85. The maximum Gasteiger partial charge on any atom is 0.229 e. The number of aromatic nitrogens is 3. The molecule has 1 aromatic carbocycles. The lowest BCUT2D eigenvalue weighted by Crippen LogP contribution is -2.14. The van der Waals surface area contributed by atoms with Crippen molar-refractivity contribution in [3.63, 3.8) is 0 Å². The van der Waals surface area contributed by atoms with Gasteiger partial charge < -0.3 is 4.90 Å².